The van der Waals surface area contributed by atoms with Crippen molar-refractivity contribution in [2.45, 2.75) is 20.0 Å². The Morgan fingerprint density at radius 1 is 1.28 bits per heavy atom. The van der Waals surface area contributed by atoms with E-state index >= 15 is 0 Å². The zero-order valence-electron chi connectivity index (χ0n) is 9.97. The summed E-state index contributed by atoms with van der Waals surface area (Å²) in [5, 5.41) is 13.4. The first-order valence-corrected chi connectivity index (χ1v) is 6.52. The van der Waals surface area contributed by atoms with E-state index in [1.54, 1.807) is 11.3 Å². The van der Waals surface area contributed by atoms with Gasteiger partial charge in [-0.05, 0) is 13.0 Å². The van der Waals surface area contributed by atoms with Crippen LogP contribution < -0.4 is 14.8 Å². The Labute approximate surface area is 109 Å². The van der Waals surface area contributed by atoms with Gasteiger partial charge in [-0.2, -0.15) is 0 Å². The number of benzene rings is 1. The molecular weight excluding hydrogens is 250 g/mol. The molecule has 1 aromatic heterocycles. The third-order valence-corrected chi connectivity index (χ3v) is 3.48. The van der Waals surface area contributed by atoms with Crippen LogP contribution in [0.2, 0.25) is 0 Å². The summed E-state index contributed by atoms with van der Waals surface area (Å²) in [4.78, 5) is 0. The molecular formula is C12H13N3O2S. The molecule has 94 valence electrons. The van der Waals surface area contributed by atoms with Crippen LogP contribution in [0, 0.1) is 6.92 Å². The minimum Gasteiger partial charge on any atom is -0.454 e. The van der Waals surface area contributed by atoms with Gasteiger partial charge < -0.3 is 14.8 Å². The summed E-state index contributed by atoms with van der Waals surface area (Å²) < 4.78 is 10.8. The molecule has 2 heterocycles. The number of aryl methyl sites for hydroxylation is 1. The molecule has 1 aliphatic rings. The second-order valence-electron chi connectivity index (χ2n) is 3.97. The van der Waals surface area contributed by atoms with Crippen LogP contribution in [0.5, 0.6) is 11.5 Å². The predicted octanol–water partition coefficient (Wildman–Crippen LogP) is 1.87. The van der Waals surface area contributed by atoms with Gasteiger partial charge in [0.05, 0.1) is 0 Å². The summed E-state index contributed by atoms with van der Waals surface area (Å²) in [5.74, 6) is 1.67. The molecule has 0 amide bonds. The Morgan fingerprint density at radius 3 is 3.06 bits per heavy atom. The number of rotatable bonds is 4. The largest absolute Gasteiger partial charge is 0.454 e. The smallest absolute Gasteiger partial charge is 0.231 e. The van der Waals surface area contributed by atoms with E-state index in [9.17, 15) is 0 Å². The van der Waals surface area contributed by atoms with Gasteiger partial charge in [0.2, 0.25) is 6.79 Å². The standard InChI is InChI=1S/C12H13N3O2S/c1-8-14-15-11(18-8)6-13-5-9-3-2-4-10-12(9)17-7-16-10/h2-4,13H,5-7H2,1H3. The van der Waals surface area contributed by atoms with E-state index in [-0.39, 0.29) is 0 Å². The summed E-state index contributed by atoms with van der Waals surface area (Å²) in [6.07, 6.45) is 0. The summed E-state index contributed by atoms with van der Waals surface area (Å²) in [6, 6.07) is 5.92. The lowest BCUT2D eigenvalue weighted by Gasteiger charge is -2.06. The summed E-state index contributed by atoms with van der Waals surface area (Å²) in [5.41, 5.74) is 1.10. The van der Waals surface area contributed by atoms with E-state index in [0.717, 1.165) is 40.2 Å². The molecule has 0 saturated heterocycles. The lowest BCUT2D eigenvalue weighted by molar-refractivity contribution is 0.173. The van der Waals surface area contributed by atoms with Gasteiger partial charge in [0.25, 0.3) is 0 Å². The molecule has 0 unspecified atom stereocenters. The Hall–Kier alpha value is -1.66. The fourth-order valence-corrected chi connectivity index (χ4v) is 2.52. The van der Waals surface area contributed by atoms with E-state index in [2.05, 4.69) is 15.5 Å². The number of ether oxygens (including phenoxy) is 2. The highest BCUT2D eigenvalue weighted by Gasteiger charge is 2.16. The van der Waals surface area contributed by atoms with Gasteiger partial charge in [0.1, 0.15) is 10.0 Å². The molecule has 6 heteroatoms. The first-order valence-electron chi connectivity index (χ1n) is 5.70. The van der Waals surface area contributed by atoms with Crippen molar-refractivity contribution in [2.24, 2.45) is 0 Å². The molecule has 3 rings (SSSR count). The SMILES string of the molecule is Cc1nnc(CNCc2cccc3c2OCO3)s1. The third-order valence-electron chi connectivity index (χ3n) is 2.64. The summed E-state index contributed by atoms with van der Waals surface area (Å²) in [7, 11) is 0. The first-order chi connectivity index (χ1) is 8.83. The average molecular weight is 263 g/mol. The number of hydrogen-bond donors (Lipinski definition) is 1. The molecule has 5 nitrogen and oxygen atoms in total. The molecule has 0 bridgehead atoms. The van der Waals surface area contributed by atoms with Crippen LogP contribution in [0.25, 0.3) is 0 Å². The second kappa shape index (κ2) is 4.91. The maximum Gasteiger partial charge on any atom is 0.231 e. The highest BCUT2D eigenvalue weighted by Crippen LogP contribution is 2.35. The molecule has 0 aliphatic carbocycles. The minimum absolute atomic E-state index is 0.307. The third kappa shape index (κ3) is 2.30. The van der Waals surface area contributed by atoms with Gasteiger partial charge in [0.15, 0.2) is 11.5 Å². The molecule has 0 saturated carbocycles. The molecule has 0 radical (unpaired) electrons. The van der Waals surface area contributed by atoms with Crippen molar-refractivity contribution in [3.8, 4) is 11.5 Å². The Balaban J connectivity index is 1.62. The first kappa shape index (κ1) is 11.4. The maximum absolute atomic E-state index is 5.45. The molecule has 0 atom stereocenters. The zero-order chi connectivity index (χ0) is 12.4. The van der Waals surface area contributed by atoms with Crippen molar-refractivity contribution in [3.05, 3.63) is 33.8 Å². The van der Waals surface area contributed by atoms with Gasteiger partial charge in [0, 0.05) is 18.7 Å². The molecule has 18 heavy (non-hydrogen) atoms. The van der Waals surface area contributed by atoms with Crippen LogP contribution in [-0.4, -0.2) is 17.0 Å². The van der Waals surface area contributed by atoms with E-state index in [1.807, 2.05) is 25.1 Å². The molecule has 1 N–H and O–H groups in total. The number of nitrogens with zero attached hydrogens (tertiary/aromatic N) is 2. The molecule has 1 aromatic carbocycles. The van der Waals surface area contributed by atoms with Crippen molar-refractivity contribution < 1.29 is 9.47 Å². The number of nitrogens with one attached hydrogen (secondary N) is 1. The normalized spacial score (nSPS) is 12.9. The van der Waals surface area contributed by atoms with E-state index < -0.39 is 0 Å². The Bertz CT molecular complexity index is 556. The lowest BCUT2D eigenvalue weighted by Crippen LogP contribution is -2.13. The quantitative estimate of drug-likeness (QED) is 0.912. The average Bonchev–Trinajstić information content (AvgIpc) is 2.98. The fourth-order valence-electron chi connectivity index (χ4n) is 1.84. The molecule has 1 aliphatic heterocycles. The van der Waals surface area contributed by atoms with Crippen LogP contribution >= 0.6 is 11.3 Å². The fraction of sp³-hybridized carbons (Fsp3) is 0.333. The van der Waals surface area contributed by atoms with E-state index in [4.69, 9.17) is 9.47 Å². The van der Waals surface area contributed by atoms with Gasteiger partial charge in [-0.25, -0.2) is 0 Å². The lowest BCUT2D eigenvalue weighted by atomic mass is 10.2. The van der Waals surface area contributed by atoms with E-state index in [0.29, 0.717) is 6.79 Å². The van der Waals surface area contributed by atoms with Crippen molar-refractivity contribution in [1.29, 1.82) is 0 Å². The van der Waals surface area contributed by atoms with Crippen LogP contribution in [0.3, 0.4) is 0 Å². The minimum atomic E-state index is 0.307. The predicted molar refractivity (Wildman–Crippen MR) is 67.8 cm³/mol. The van der Waals surface area contributed by atoms with Gasteiger partial charge in [-0.15, -0.1) is 21.5 Å². The van der Waals surface area contributed by atoms with Crippen LogP contribution in [0.1, 0.15) is 15.6 Å². The number of hydrogen-bond acceptors (Lipinski definition) is 6. The van der Waals surface area contributed by atoms with Crippen LogP contribution in [0.15, 0.2) is 18.2 Å². The number of aromatic nitrogens is 2. The Kier molecular flexibility index (Phi) is 3.12. The highest BCUT2D eigenvalue weighted by atomic mass is 32.1. The Morgan fingerprint density at radius 2 is 2.22 bits per heavy atom. The molecule has 2 aromatic rings. The number of fused-ring (bicyclic) bond motifs is 1. The van der Waals surface area contributed by atoms with Crippen molar-refractivity contribution in [2.75, 3.05) is 6.79 Å². The van der Waals surface area contributed by atoms with Crippen molar-refractivity contribution >= 4 is 11.3 Å². The second-order valence-corrected chi connectivity index (χ2v) is 5.24. The summed E-state index contributed by atoms with van der Waals surface area (Å²) >= 11 is 1.61. The monoisotopic (exact) mass is 263 g/mol. The van der Waals surface area contributed by atoms with Gasteiger partial charge >= 0.3 is 0 Å². The maximum atomic E-state index is 5.45. The van der Waals surface area contributed by atoms with Gasteiger partial charge in [-0.1, -0.05) is 12.1 Å². The summed E-state index contributed by atoms with van der Waals surface area (Å²) in [6.45, 7) is 3.71. The van der Waals surface area contributed by atoms with Crippen LogP contribution in [-0.2, 0) is 13.1 Å². The van der Waals surface area contributed by atoms with Crippen molar-refractivity contribution in [1.82, 2.24) is 15.5 Å². The molecule has 0 fully saturated rings. The topological polar surface area (TPSA) is 56.3 Å². The zero-order valence-corrected chi connectivity index (χ0v) is 10.8. The number of para-hydroxylation sites is 1. The molecule has 0 spiro atoms. The van der Waals surface area contributed by atoms with Crippen molar-refractivity contribution in [3.63, 3.8) is 0 Å². The van der Waals surface area contributed by atoms with Crippen LogP contribution in [0.4, 0.5) is 0 Å². The van der Waals surface area contributed by atoms with E-state index in [1.165, 1.54) is 0 Å². The van der Waals surface area contributed by atoms with Gasteiger partial charge in [-0.3, -0.25) is 0 Å². The highest BCUT2D eigenvalue weighted by molar-refractivity contribution is 7.11.